The molecule has 182 valence electrons. The molecule has 0 atom stereocenters. The van der Waals surface area contributed by atoms with Crippen molar-refractivity contribution in [3.05, 3.63) is 41.9 Å². The number of nitrogens with zero attached hydrogens (tertiary/aromatic N) is 5. The fraction of sp³-hybridized carbons (Fsp3) is 0.538. The van der Waals surface area contributed by atoms with Crippen LogP contribution in [-0.4, -0.2) is 90.8 Å². The van der Waals surface area contributed by atoms with Crippen molar-refractivity contribution < 1.29 is 4.74 Å². The van der Waals surface area contributed by atoms with Crippen molar-refractivity contribution in [1.82, 2.24) is 24.8 Å². The molecule has 0 unspecified atom stereocenters. The number of piperazine rings is 1. The summed E-state index contributed by atoms with van der Waals surface area (Å²) >= 11 is 0. The van der Waals surface area contributed by atoms with Crippen molar-refractivity contribution in [1.29, 1.82) is 0 Å². The molecule has 0 amide bonds. The quantitative estimate of drug-likeness (QED) is 0.557. The third kappa shape index (κ3) is 4.83. The molecule has 8 heteroatoms. The van der Waals surface area contributed by atoms with Crippen LogP contribution in [0.15, 0.2) is 30.5 Å². The number of anilines is 2. The molecule has 5 rings (SSSR count). The van der Waals surface area contributed by atoms with E-state index in [4.69, 9.17) is 14.7 Å². The van der Waals surface area contributed by atoms with E-state index in [0.29, 0.717) is 6.42 Å². The molecule has 2 aliphatic rings. The lowest BCUT2D eigenvalue weighted by Crippen LogP contribution is -2.52. The zero-order chi connectivity index (χ0) is 23.5. The Labute approximate surface area is 202 Å². The first kappa shape index (κ1) is 22.9. The summed E-state index contributed by atoms with van der Waals surface area (Å²) in [5.74, 6) is 2.55. The van der Waals surface area contributed by atoms with E-state index in [9.17, 15) is 0 Å². The fourth-order valence-electron chi connectivity index (χ4n) is 5.29. The predicted octanol–water partition coefficient (Wildman–Crippen LogP) is 3.21. The van der Waals surface area contributed by atoms with Gasteiger partial charge in [-0.05, 0) is 38.9 Å². The van der Waals surface area contributed by atoms with Crippen LogP contribution in [0.5, 0.6) is 5.75 Å². The summed E-state index contributed by atoms with van der Waals surface area (Å²) < 4.78 is 5.81. The summed E-state index contributed by atoms with van der Waals surface area (Å²) in [5.41, 5.74) is 4.23. The highest BCUT2D eigenvalue weighted by Crippen LogP contribution is 2.30. The molecule has 3 aromatic rings. The van der Waals surface area contributed by atoms with E-state index in [2.05, 4.69) is 57.2 Å². The Balaban J connectivity index is 1.27. The van der Waals surface area contributed by atoms with Crippen molar-refractivity contribution in [2.75, 3.05) is 70.2 Å². The van der Waals surface area contributed by atoms with E-state index in [-0.39, 0.29) is 0 Å². The molecule has 8 nitrogen and oxygen atoms in total. The number of aromatic amines is 1. The molecule has 0 aliphatic carbocycles. The third-order valence-corrected chi connectivity index (χ3v) is 7.30. The molecule has 1 aromatic carbocycles. The van der Waals surface area contributed by atoms with Crippen molar-refractivity contribution in [2.45, 2.75) is 32.2 Å². The van der Waals surface area contributed by atoms with Crippen molar-refractivity contribution >= 4 is 22.5 Å². The van der Waals surface area contributed by atoms with Crippen LogP contribution in [-0.2, 0) is 6.42 Å². The Hall–Kier alpha value is -2.84. The van der Waals surface area contributed by atoms with Crippen molar-refractivity contribution in [3.8, 4) is 5.75 Å². The molecule has 2 saturated heterocycles. The fourth-order valence-corrected chi connectivity index (χ4v) is 5.29. The zero-order valence-electron chi connectivity index (χ0n) is 20.7. The number of aromatic nitrogens is 3. The summed E-state index contributed by atoms with van der Waals surface area (Å²) in [6.07, 6.45) is 5.00. The first-order valence-electron chi connectivity index (χ1n) is 12.6. The van der Waals surface area contributed by atoms with Gasteiger partial charge in [-0.25, -0.2) is 9.97 Å². The second kappa shape index (κ2) is 10.2. The minimum absolute atomic E-state index is 0.633. The number of hydrogen-bond donors (Lipinski definition) is 2. The Kier molecular flexibility index (Phi) is 6.87. The number of hydrogen-bond acceptors (Lipinski definition) is 7. The topological polar surface area (TPSA) is 72.6 Å². The van der Waals surface area contributed by atoms with Gasteiger partial charge < -0.3 is 24.8 Å². The summed E-state index contributed by atoms with van der Waals surface area (Å²) in [6.45, 7) is 9.87. The van der Waals surface area contributed by atoms with Crippen molar-refractivity contribution in [2.24, 2.45) is 0 Å². The van der Waals surface area contributed by atoms with Gasteiger partial charge in [-0.2, -0.15) is 0 Å². The molecule has 2 N–H and O–H groups in total. The number of likely N-dealkylation sites (N-methyl/N-ethyl adjacent to an activating group) is 1. The maximum Gasteiger partial charge on any atom is 0.154 e. The number of methoxy groups -OCH3 is 1. The number of rotatable bonds is 7. The van der Waals surface area contributed by atoms with Gasteiger partial charge in [0.25, 0.3) is 0 Å². The van der Waals surface area contributed by atoms with E-state index >= 15 is 0 Å². The van der Waals surface area contributed by atoms with E-state index in [0.717, 1.165) is 59.7 Å². The maximum absolute atomic E-state index is 5.81. The van der Waals surface area contributed by atoms with E-state index in [1.54, 1.807) is 7.11 Å². The SMILES string of the molecule is CCNc1nc(Cc2ccc(N3CCC(N4CCN(C)CC4)CC3)cc2OC)nc2cc[nH]c12. The first-order chi connectivity index (χ1) is 16.6. The highest BCUT2D eigenvalue weighted by molar-refractivity contribution is 5.85. The summed E-state index contributed by atoms with van der Waals surface area (Å²) in [4.78, 5) is 20.4. The second-order valence-corrected chi connectivity index (χ2v) is 9.49. The Morgan fingerprint density at radius 2 is 1.85 bits per heavy atom. The van der Waals surface area contributed by atoms with Gasteiger partial charge in [0, 0.05) is 81.8 Å². The largest absolute Gasteiger partial charge is 0.496 e. The lowest BCUT2D eigenvalue weighted by molar-refractivity contribution is 0.0982. The Bertz CT molecular complexity index is 1100. The predicted molar refractivity (Wildman–Crippen MR) is 138 cm³/mol. The molecular formula is C26H37N7O. The van der Waals surface area contributed by atoms with Crippen LogP contribution in [0.4, 0.5) is 11.5 Å². The highest BCUT2D eigenvalue weighted by Gasteiger charge is 2.27. The number of fused-ring (bicyclic) bond motifs is 1. The monoisotopic (exact) mass is 463 g/mol. The molecule has 34 heavy (non-hydrogen) atoms. The molecule has 0 bridgehead atoms. The first-order valence-corrected chi connectivity index (χ1v) is 12.6. The highest BCUT2D eigenvalue weighted by atomic mass is 16.5. The molecular weight excluding hydrogens is 426 g/mol. The van der Waals surface area contributed by atoms with Gasteiger partial charge in [-0.3, -0.25) is 4.90 Å². The van der Waals surface area contributed by atoms with E-state index in [1.807, 2.05) is 12.3 Å². The summed E-state index contributed by atoms with van der Waals surface area (Å²) in [5, 5.41) is 3.35. The van der Waals surface area contributed by atoms with Crippen LogP contribution in [0.3, 0.4) is 0 Å². The Morgan fingerprint density at radius 1 is 1.06 bits per heavy atom. The van der Waals surface area contributed by atoms with Crippen LogP contribution in [0.1, 0.15) is 31.2 Å². The summed E-state index contributed by atoms with van der Waals surface area (Å²) in [7, 11) is 3.98. The van der Waals surface area contributed by atoms with E-state index < -0.39 is 0 Å². The van der Waals surface area contributed by atoms with Crippen LogP contribution in [0.2, 0.25) is 0 Å². The van der Waals surface area contributed by atoms with Gasteiger partial charge in [0.1, 0.15) is 17.1 Å². The zero-order valence-corrected chi connectivity index (χ0v) is 20.7. The smallest absolute Gasteiger partial charge is 0.154 e. The summed E-state index contributed by atoms with van der Waals surface area (Å²) in [6, 6.07) is 9.31. The van der Waals surface area contributed by atoms with Gasteiger partial charge in [0.2, 0.25) is 0 Å². The standard InChI is InChI=1S/C26H37N7O/c1-4-27-26-25-22(7-10-28-25)29-24(30-26)17-19-5-6-21(18-23(19)34-3)32-11-8-20(9-12-32)33-15-13-31(2)14-16-33/h5-7,10,18,20,28H,4,8-9,11-17H2,1-3H3,(H,27,29,30). The molecule has 4 heterocycles. The normalized spacial score (nSPS) is 18.5. The number of H-pyrrole nitrogens is 1. The molecule has 0 spiro atoms. The number of ether oxygens (including phenoxy) is 1. The second-order valence-electron chi connectivity index (χ2n) is 9.49. The van der Waals surface area contributed by atoms with Crippen LogP contribution in [0.25, 0.3) is 11.0 Å². The van der Waals surface area contributed by atoms with Gasteiger partial charge in [-0.1, -0.05) is 6.07 Å². The lowest BCUT2D eigenvalue weighted by atomic mass is 10.0. The molecule has 2 fully saturated rings. The van der Waals surface area contributed by atoms with Gasteiger partial charge in [-0.15, -0.1) is 0 Å². The molecule has 2 aliphatic heterocycles. The number of nitrogens with one attached hydrogen (secondary N) is 2. The lowest BCUT2D eigenvalue weighted by Gasteiger charge is -2.42. The van der Waals surface area contributed by atoms with Crippen molar-refractivity contribution in [3.63, 3.8) is 0 Å². The molecule has 2 aromatic heterocycles. The maximum atomic E-state index is 5.81. The van der Waals surface area contributed by atoms with E-state index in [1.165, 1.54) is 44.7 Å². The van der Waals surface area contributed by atoms with Gasteiger partial charge >= 0.3 is 0 Å². The Morgan fingerprint density at radius 3 is 2.59 bits per heavy atom. The number of benzene rings is 1. The van der Waals surface area contributed by atoms with Crippen LogP contribution in [0, 0.1) is 0 Å². The molecule has 0 radical (unpaired) electrons. The van der Waals surface area contributed by atoms with Crippen LogP contribution >= 0.6 is 0 Å². The molecule has 0 saturated carbocycles. The number of piperidine rings is 1. The third-order valence-electron chi connectivity index (χ3n) is 7.30. The van der Waals surface area contributed by atoms with Crippen LogP contribution < -0.4 is 15.0 Å². The average Bonchev–Trinajstić information content (AvgIpc) is 3.34. The van der Waals surface area contributed by atoms with Gasteiger partial charge in [0.05, 0.1) is 12.6 Å². The average molecular weight is 464 g/mol. The van der Waals surface area contributed by atoms with Gasteiger partial charge in [0.15, 0.2) is 5.82 Å². The minimum atomic E-state index is 0.633. The minimum Gasteiger partial charge on any atom is -0.496 e.